The third-order valence-corrected chi connectivity index (χ3v) is 12.1. The van der Waals surface area contributed by atoms with Crippen molar-refractivity contribution < 1.29 is 0 Å². The molecule has 0 aliphatic carbocycles. The third kappa shape index (κ3) is 5.86. The van der Waals surface area contributed by atoms with Crippen molar-refractivity contribution in [2.75, 3.05) is 0 Å². The van der Waals surface area contributed by atoms with Crippen molar-refractivity contribution in [3.63, 3.8) is 0 Å². The van der Waals surface area contributed by atoms with Gasteiger partial charge in [-0.15, -0.1) is 11.3 Å². The van der Waals surface area contributed by atoms with Crippen molar-refractivity contribution in [2.24, 2.45) is 0 Å². The van der Waals surface area contributed by atoms with Crippen molar-refractivity contribution in [1.29, 1.82) is 0 Å². The number of thiophene rings is 1. The van der Waals surface area contributed by atoms with E-state index in [9.17, 15) is 0 Å². The zero-order valence-electron chi connectivity index (χ0n) is 30.8. The highest BCUT2D eigenvalue weighted by molar-refractivity contribution is 7.26. The lowest BCUT2D eigenvalue weighted by Crippen LogP contribution is -1.96. The molecule has 11 rings (SSSR count). The molecule has 0 unspecified atom stereocenters. The Hall–Kier alpha value is -7.27. The van der Waals surface area contributed by atoms with Crippen molar-refractivity contribution >= 4 is 53.2 Å². The smallest absolute Gasteiger partial charge is 0.160 e. The number of hydrogen-bond donors (Lipinski definition) is 0. The van der Waals surface area contributed by atoms with Crippen molar-refractivity contribution in [3.8, 4) is 67.4 Å². The normalized spacial score (nSPS) is 11.5. The maximum Gasteiger partial charge on any atom is 0.160 e. The summed E-state index contributed by atoms with van der Waals surface area (Å²) in [5.41, 5.74) is 12.5. The zero-order chi connectivity index (χ0) is 37.7. The Morgan fingerprint density at radius 2 is 0.877 bits per heavy atom. The van der Waals surface area contributed by atoms with Gasteiger partial charge < -0.3 is 0 Å². The summed E-state index contributed by atoms with van der Waals surface area (Å²) in [6.07, 6.45) is 0. The summed E-state index contributed by atoms with van der Waals surface area (Å²) in [6, 6.07) is 70.7. The molecule has 3 nitrogen and oxygen atoms in total. The van der Waals surface area contributed by atoms with Crippen LogP contribution in [0.4, 0.5) is 0 Å². The molecule has 11 aromatic rings. The first-order valence-electron chi connectivity index (χ1n) is 19.2. The lowest BCUT2D eigenvalue weighted by Gasteiger charge is -2.13. The Balaban J connectivity index is 1.06. The van der Waals surface area contributed by atoms with Gasteiger partial charge in [-0.2, -0.15) is 0 Å². The fourth-order valence-corrected chi connectivity index (χ4v) is 9.32. The highest BCUT2D eigenvalue weighted by atomic mass is 32.1. The van der Waals surface area contributed by atoms with E-state index in [1.54, 1.807) is 0 Å². The molecule has 57 heavy (non-hydrogen) atoms. The third-order valence-electron chi connectivity index (χ3n) is 10.9. The van der Waals surface area contributed by atoms with Gasteiger partial charge in [0, 0.05) is 53.4 Å². The summed E-state index contributed by atoms with van der Waals surface area (Å²) in [4.78, 5) is 15.9. The molecule has 0 radical (unpaired) electrons. The second-order valence-corrected chi connectivity index (χ2v) is 15.4. The summed E-state index contributed by atoms with van der Waals surface area (Å²) >= 11 is 1.85. The second-order valence-electron chi connectivity index (χ2n) is 14.3. The minimum Gasteiger partial charge on any atom is -0.246 e. The molecule has 3 heterocycles. The predicted molar refractivity (Wildman–Crippen MR) is 240 cm³/mol. The molecule has 0 saturated carbocycles. The molecule has 0 aliphatic rings. The molecule has 0 amide bonds. The number of nitrogens with zero attached hydrogens (tertiary/aromatic N) is 3. The average molecular weight is 744 g/mol. The Kier molecular flexibility index (Phi) is 8.01. The molecule has 0 bridgehead atoms. The van der Waals surface area contributed by atoms with Gasteiger partial charge in [0.1, 0.15) is 0 Å². The number of para-hydroxylation sites is 1. The van der Waals surface area contributed by atoms with Gasteiger partial charge in [0.05, 0.1) is 22.6 Å². The van der Waals surface area contributed by atoms with Crippen LogP contribution in [0.3, 0.4) is 0 Å². The monoisotopic (exact) mass is 743 g/mol. The fraction of sp³-hybridized carbons (Fsp3) is 0. The lowest BCUT2D eigenvalue weighted by atomic mass is 9.94. The summed E-state index contributed by atoms with van der Waals surface area (Å²) < 4.78 is 2.52. The number of fused-ring (bicyclic) bond motifs is 6. The molecule has 3 aromatic heterocycles. The van der Waals surface area contributed by atoms with Crippen molar-refractivity contribution in [1.82, 2.24) is 15.0 Å². The van der Waals surface area contributed by atoms with E-state index in [1.165, 1.54) is 47.5 Å². The van der Waals surface area contributed by atoms with Crippen LogP contribution in [0.15, 0.2) is 200 Å². The SMILES string of the molecule is c1ccc(-c2ccc(-c3nc(-c4ccccc4)cc(-c4ccc(-c5nc6c(-c7cccc8ccccc78)cccc6c6sc7ccccc7c56)cc4)n3)cc2)cc1. The van der Waals surface area contributed by atoms with E-state index in [0.29, 0.717) is 5.82 Å². The second kappa shape index (κ2) is 13.8. The molecule has 0 aliphatic heterocycles. The van der Waals surface area contributed by atoms with Crippen molar-refractivity contribution in [3.05, 3.63) is 200 Å². The van der Waals surface area contributed by atoms with E-state index in [2.05, 4.69) is 188 Å². The Bertz CT molecular complexity index is 3260. The van der Waals surface area contributed by atoms with Gasteiger partial charge >= 0.3 is 0 Å². The van der Waals surface area contributed by atoms with Gasteiger partial charge in [-0.3, -0.25) is 0 Å². The van der Waals surface area contributed by atoms with Crippen LogP contribution < -0.4 is 0 Å². The lowest BCUT2D eigenvalue weighted by molar-refractivity contribution is 1.18. The van der Waals surface area contributed by atoms with Gasteiger partial charge in [-0.25, -0.2) is 15.0 Å². The number of hydrogen-bond acceptors (Lipinski definition) is 4. The standard InChI is InChI=1S/C53H33N3S/c1-3-13-34(14-4-1)35-25-31-40(32-26-35)53-54-46(37-16-5-2-6-17-37)33-47(55-53)38-27-29-39(30-28-38)50-49-44-20-9-10-24-48(44)57-52(49)45-23-12-22-43(51(45)56-50)42-21-11-18-36-15-7-8-19-41(36)42/h1-33H. The number of rotatable bonds is 6. The Morgan fingerprint density at radius 1 is 0.351 bits per heavy atom. The van der Waals surface area contributed by atoms with Crippen LogP contribution in [0.2, 0.25) is 0 Å². The predicted octanol–water partition coefficient (Wildman–Crippen LogP) is 14.5. The van der Waals surface area contributed by atoms with Crippen LogP contribution in [-0.2, 0) is 0 Å². The van der Waals surface area contributed by atoms with Crippen LogP contribution in [0.5, 0.6) is 0 Å². The van der Waals surface area contributed by atoms with Gasteiger partial charge in [-0.1, -0.05) is 188 Å². The quantitative estimate of drug-likeness (QED) is 0.170. The number of benzene rings is 8. The molecule has 4 heteroatoms. The largest absolute Gasteiger partial charge is 0.246 e. The van der Waals surface area contributed by atoms with Crippen LogP contribution >= 0.6 is 11.3 Å². The maximum absolute atomic E-state index is 5.60. The van der Waals surface area contributed by atoms with E-state index < -0.39 is 0 Å². The number of aromatic nitrogens is 3. The zero-order valence-corrected chi connectivity index (χ0v) is 31.6. The van der Waals surface area contributed by atoms with Crippen LogP contribution in [0.25, 0.3) is 109 Å². The van der Waals surface area contributed by atoms with Gasteiger partial charge in [0.25, 0.3) is 0 Å². The van der Waals surface area contributed by atoms with E-state index in [0.717, 1.165) is 56.0 Å². The van der Waals surface area contributed by atoms with Crippen LogP contribution in [0, 0.1) is 0 Å². The topological polar surface area (TPSA) is 38.7 Å². The first kappa shape index (κ1) is 33.1. The molecular weight excluding hydrogens is 711 g/mol. The molecule has 0 saturated heterocycles. The minimum absolute atomic E-state index is 0.693. The van der Waals surface area contributed by atoms with Gasteiger partial charge in [0.15, 0.2) is 5.82 Å². The number of pyridine rings is 1. The first-order valence-corrected chi connectivity index (χ1v) is 20.0. The molecule has 8 aromatic carbocycles. The Labute approximate surface area is 334 Å². The first-order chi connectivity index (χ1) is 28.2. The minimum atomic E-state index is 0.693. The van der Waals surface area contributed by atoms with Gasteiger partial charge in [-0.05, 0) is 39.6 Å². The summed E-state index contributed by atoms with van der Waals surface area (Å²) in [5.74, 6) is 0.693. The Morgan fingerprint density at radius 3 is 1.65 bits per heavy atom. The molecule has 0 atom stereocenters. The van der Waals surface area contributed by atoms with Crippen LogP contribution in [-0.4, -0.2) is 15.0 Å². The van der Waals surface area contributed by atoms with E-state index in [-0.39, 0.29) is 0 Å². The molecule has 0 fully saturated rings. The molecule has 266 valence electrons. The highest BCUT2D eigenvalue weighted by Gasteiger charge is 2.19. The highest BCUT2D eigenvalue weighted by Crippen LogP contribution is 2.45. The summed E-state index contributed by atoms with van der Waals surface area (Å²) in [7, 11) is 0. The molecule has 0 N–H and O–H groups in total. The molecular formula is C53H33N3S. The molecule has 0 spiro atoms. The van der Waals surface area contributed by atoms with E-state index >= 15 is 0 Å². The fourth-order valence-electron chi connectivity index (χ4n) is 8.09. The summed E-state index contributed by atoms with van der Waals surface area (Å²) in [5, 5.41) is 6.05. The summed E-state index contributed by atoms with van der Waals surface area (Å²) in [6.45, 7) is 0. The average Bonchev–Trinajstić information content (AvgIpc) is 3.69. The van der Waals surface area contributed by atoms with E-state index in [4.69, 9.17) is 15.0 Å². The van der Waals surface area contributed by atoms with Gasteiger partial charge in [0.2, 0.25) is 0 Å². The maximum atomic E-state index is 5.60. The van der Waals surface area contributed by atoms with Crippen molar-refractivity contribution in [2.45, 2.75) is 0 Å². The van der Waals surface area contributed by atoms with Crippen LogP contribution in [0.1, 0.15) is 0 Å². The van der Waals surface area contributed by atoms with E-state index in [1.807, 2.05) is 23.5 Å².